The average molecular weight is 412 g/mol. The average Bonchev–Trinajstić information content (AvgIpc) is 3.13. The third-order valence-corrected chi connectivity index (χ3v) is 5.07. The van der Waals surface area contributed by atoms with Gasteiger partial charge in [0, 0.05) is 30.5 Å². The molecule has 3 rings (SSSR count). The number of amides is 1. The van der Waals surface area contributed by atoms with Crippen molar-refractivity contribution in [1.82, 2.24) is 20.1 Å². The van der Waals surface area contributed by atoms with Gasteiger partial charge in [-0.25, -0.2) is 9.67 Å². The first-order chi connectivity index (χ1) is 14.3. The van der Waals surface area contributed by atoms with Crippen LogP contribution in [0.5, 0.6) is 11.5 Å². The van der Waals surface area contributed by atoms with Crippen LogP contribution >= 0.6 is 0 Å². The molecule has 0 bridgehead atoms. The van der Waals surface area contributed by atoms with E-state index < -0.39 is 0 Å². The minimum atomic E-state index is -0.241. The van der Waals surface area contributed by atoms with Gasteiger partial charge in [-0.05, 0) is 51.0 Å². The monoisotopic (exact) mass is 412 g/mol. The lowest BCUT2D eigenvalue weighted by Crippen LogP contribution is -2.32. The first-order valence-corrected chi connectivity index (χ1v) is 9.93. The van der Waals surface area contributed by atoms with Gasteiger partial charge in [-0.1, -0.05) is 6.07 Å². The lowest BCUT2D eigenvalue weighted by atomic mass is 9.99. The number of phenolic OH excluding ortho intramolecular Hbond substituents is 1. The number of fused-ring (bicyclic) bond motifs is 1. The number of aromatic hydroxyl groups is 1. The van der Waals surface area contributed by atoms with Crippen molar-refractivity contribution in [3.8, 4) is 11.5 Å². The van der Waals surface area contributed by atoms with E-state index in [0.717, 1.165) is 16.6 Å². The molecule has 8 heteroatoms. The van der Waals surface area contributed by atoms with E-state index in [0.29, 0.717) is 30.0 Å². The number of benzene rings is 1. The minimum Gasteiger partial charge on any atom is -0.504 e. The van der Waals surface area contributed by atoms with Crippen LogP contribution < -0.4 is 10.1 Å². The Hall–Kier alpha value is -3.13. The van der Waals surface area contributed by atoms with Gasteiger partial charge in [-0.15, -0.1) is 0 Å². The fourth-order valence-electron chi connectivity index (χ4n) is 3.40. The van der Waals surface area contributed by atoms with Crippen molar-refractivity contribution in [3.63, 3.8) is 0 Å². The zero-order chi connectivity index (χ0) is 21.8. The van der Waals surface area contributed by atoms with E-state index in [1.807, 2.05) is 24.6 Å². The molecule has 0 saturated heterocycles. The molecule has 8 nitrogen and oxygen atoms in total. The van der Waals surface area contributed by atoms with Crippen LogP contribution in [0.3, 0.4) is 0 Å². The van der Waals surface area contributed by atoms with Crippen LogP contribution in [0.4, 0.5) is 0 Å². The first kappa shape index (κ1) is 21.6. The van der Waals surface area contributed by atoms with Crippen LogP contribution in [0.1, 0.15) is 41.5 Å². The summed E-state index contributed by atoms with van der Waals surface area (Å²) in [7, 11) is 1.49. The predicted molar refractivity (Wildman–Crippen MR) is 114 cm³/mol. The maximum absolute atomic E-state index is 12.7. The van der Waals surface area contributed by atoms with Gasteiger partial charge in [0.2, 0.25) is 0 Å². The highest BCUT2D eigenvalue weighted by Gasteiger charge is 2.17. The third kappa shape index (κ3) is 4.54. The SMILES string of the molecule is COc1ccc(CC(CO)CNC(=O)c2cc3cnn(C(C)C)c3nc2C)cc1O. The molecule has 0 radical (unpaired) electrons. The number of hydrogen-bond acceptors (Lipinski definition) is 6. The summed E-state index contributed by atoms with van der Waals surface area (Å²) < 4.78 is 6.88. The first-order valence-electron chi connectivity index (χ1n) is 9.93. The normalized spacial score (nSPS) is 12.3. The topological polar surface area (TPSA) is 110 Å². The molecule has 1 unspecified atom stereocenters. The molecule has 0 aliphatic carbocycles. The van der Waals surface area contributed by atoms with E-state index in [9.17, 15) is 15.0 Å². The Bertz CT molecular complexity index is 1050. The van der Waals surface area contributed by atoms with Crippen molar-refractivity contribution < 1.29 is 19.7 Å². The maximum Gasteiger partial charge on any atom is 0.253 e. The van der Waals surface area contributed by atoms with Crippen LogP contribution in [0.25, 0.3) is 11.0 Å². The Labute approximate surface area is 175 Å². The lowest BCUT2D eigenvalue weighted by molar-refractivity contribution is 0.0939. The molecule has 3 aromatic rings. The Morgan fingerprint density at radius 1 is 1.30 bits per heavy atom. The number of rotatable bonds is 8. The Morgan fingerprint density at radius 3 is 2.70 bits per heavy atom. The molecule has 1 atom stereocenters. The van der Waals surface area contributed by atoms with E-state index in [-0.39, 0.29) is 30.2 Å². The number of aliphatic hydroxyl groups is 1. The molecule has 3 N–H and O–H groups in total. The molecule has 1 amide bonds. The summed E-state index contributed by atoms with van der Waals surface area (Å²) in [4.78, 5) is 17.3. The molecule has 0 saturated carbocycles. The Kier molecular flexibility index (Phi) is 6.56. The largest absolute Gasteiger partial charge is 0.504 e. The van der Waals surface area contributed by atoms with Crippen LogP contribution in [0.15, 0.2) is 30.5 Å². The number of nitrogens with one attached hydrogen (secondary N) is 1. The van der Waals surface area contributed by atoms with Gasteiger partial charge in [0.05, 0.1) is 24.6 Å². The smallest absolute Gasteiger partial charge is 0.253 e. The zero-order valence-corrected chi connectivity index (χ0v) is 17.7. The number of aryl methyl sites for hydroxylation is 1. The maximum atomic E-state index is 12.7. The van der Waals surface area contributed by atoms with Gasteiger partial charge in [0.25, 0.3) is 5.91 Å². The molecular formula is C22H28N4O4. The highest BCUT2D eigenvalue weighted by molar-refractivity contribution is 5.98. The molecule has 30 heavy (non-hydrogen) atoms. The molecule has 1 aromatic carbocycles. The minimum absolute atomic E-state index is 0.0488. The number of hydrogen-bond donors (Lipinski definition) is 3. The molecule has 0 aliphatic rings. The van der Waals surface area contributed by atoms with Crippen LogP contribution in [-0.2, 0) is 6.42 Å². The lowest BCUT2D eigenvalue weighted by Gasteiger charge is -2.16. The summed E-state index contributed by atoms with van der Waals surface area (Å²) in [6.07, 6.45) is 2.22. The summed E-state index contributed by atoms with van der Waals surface area (Å²) >= 11 is 0. The van der Waals surface area contributed by atoms with Gasteiger partial charge in [-0.3, -0.25) is 4.79 Å². The van der Waals surface area contributed by atoms with Gasteiger partial charge < -0.3 is 20.3 Å². The van der Waals surface area contributed by atoms with E-state index in [1.165, 1.54) is 7.11 Å². The molecule has 160 valence electrons. The van der Waals surface area contributed by atoms with E-state index in [4.69, 9.17) is 4.74 Å². The summed E-state index contributed by atoms with van der Waals surface area (Å²) in [6.45, 7) is 6.06. The standard InChI is InChI=1S/C22H28N4O4/c1-13(2)26-21-17(11-24-26)9-18(14(3)25-21)22(29)23-10-16(12-27)7-15-5-6-20(30-4)19(28)8-15/h5-6,8-9,11,13,16,27-28H,7,10,12H2,1-4H3,(H,23,29). The molecule has 2 heterocycles. The van der Waals surface area contributed by atoms with E-state index >= 15 is 0 Å². The number of phenols is 1. The second kappa shape index (κ2) is 9.13. The number of nitrogens with zero attached hydrogens (tertiary/aromatic N) is 3. The summed E-state index contributed by atoms with van der Waals surface area (Å²) in [5.41, 5.74) is 2.72. The number of carbonyl (C=O) groups excluding carboxylic acids is 1. The molecule has 0 fully saturated rings. The highest BCUT2D eigenvalue weighted by atomic mass is 16.5. The van der Waals surface area contributed by atoms with Crippen molar-refractivity contribution in [2.24, 2.45) is 5.92 Å². The number of carbonyl (C=O) groups is 1. The second-order valence-electron chi connectivity index (χ2n) is 7.69. The van der Waals surface area contributed by atoms with Crippen molar-refractivity contribution in [1.29, 1.82) is 0 Å². The van der Waals surface area contributed by atoms with Crippen LogP contribution in [-0.4, -0.2) is 51.1 Å². The van der Waals surface area contributed by atoms with Gasteiger partial charge in [0.15, 0.2) is 17.1 Å². The van der Waals surface area contributed by atoms with Crippen LogP contribution in [0.2, 0.25) is 0 Å². The number of methoxy groups -OCH3 is 1. The Balaban J connectivity index is 1.69. The summed E-state index contributed by atoms with van der Waals surface area (Å²) in [5.74, 6) is 0.0112. The number of pyridine rings is 1. The third-order valence-electron chi connectivity index (χ3n) is 5.07. The summed E-state index contributed by atoms with van der Waals surface area (Å²) in [6, 6.07) is 7.10. The van der Waals surface area contributed by atoms with Crippen molar-refractivity contribution in [2.45, 2.75) is 33.2 Å². The number of aliphatic hydroxyl groups excluding tert-OH is 1. The molecule has 2 aromatic heterocycles. The molecule has 0 spiro atoms. The predicted octanol–water partition coefficient (Wildman–Crippen LogP) is 2.62. The van der Waals surface area contributed by atoms with Crippen LogP contribution in [0, 0.1) is 12.8 Å². The summed E-state index contributed by atoms with van der Waals surface area (Å²) in [5, 5.41) is 27.7. The number of ether oxygens (including phenoxy) is 1. The Morgan fingerprint density at radius 2 is 2.07 bits per heavy atom. The van der Waals surface area contributed by atoms with Gasteiger partial charge in [0.1, 0.15) is 0 Å². The van der Waals surface area contributed by atoms with E-state index in [1.54, 1.807) is 31.3 Å². The van der Waals surface area contributed by atoms with Gasteiger partial charge in [-0.2, -0.15) is 5.10 Å². The second-order valence-corrected chi connectivity index (χ2v) is 7.69. The number of aromatic nitrogens is 3. The fourth-order valence-corrected chi connectivity index (χ4v) is 3.40. The van der Waals surface area contributed by atoms with Gasteiger partial charge >= 0.3 is 0 Å². The zero-order valence-electron chi connectivity index (χ0n) is 17.7. The van der Waals surface area contributed by atoms with Crippen molar-refractivity contribution in [2.75, 3.05) is 20.3 Å². The van der Waals surface area contributed by atoms with E-state index in [2.05, 4.69) is 15.4 Å². The highest BCUT2D eigenvalue weighted by Crippen LogP contribution is 2.27. The molecular weight excluding hydrogens is 384 g/mol. The molecule has 0 aliphatic heterocycles. The fraction of sp³-hybridized carbons (Fsp3) is 0.409. The van der Waals surface area contributed by atoms with Crippen molar-refractivity contribution in [3.05, 3.63) is 47.3 Å². The van der Waals surface area contributed by atoms with Crippen molar-refractivity contribution >= 4 is 16.9 Å². The quantitative estimate of drug-likeness (QED) is 0.525.